The van der Waals surface area contributed by atoms with Gasteiger partial charge in [0.1, 0.15) is 33.5 Å². The molecule has 5 aromatic carbocycles. The number of anilines is 2. The number of hydrogen-bond acceptors (Lipinski definition) is 8. The van der Waals surface area contributed by atoms with Crippen molar-refractivity contribution in [3.8, 4) is 17.6 Å². The fourth-order valence-electron chi connectivity index (χ4n) is 6.90. The minimum Gasteiger partial charge on any atom is -0.497 e. The lowest BCUT2D eigenvalue weighted by atomic mass is 9.83. The summed E-state index contributed by atoms with van der Waals surface area (Å²) < 4.78 is 10.9. The molecule has 6 aromatic rings. The summed E-state index contributed by atoms with van der Waals surface area (Å²) in [5.41, 5.74) is 5.00. The van der Waals surface area contributed by atoms with Crippen LogP contribution in [0.15, 0.2) is 144 Å². The molecule has 0 saturated heterocycles. The zero-order chi connectivity index (χ0) is 40.4. The van der Waals surface area contributed by atoms with Crippen molar-refractivity contribution in [3.63, 3.8) is 0 Å². The largest absolute Gasteiger partial charge is 0.497 e. The minimum absolute atomic E-state index is 0.0149. The van der Waals surface area contributed by atoms with Crippen molar-refractivity contribution in [2.45, 2.75) is 35.3 Å². The van der Waals surface area contributed by atoms with Crippen molar-refractivity contribution in [1.82, 2.24) is 5.32 Å². The van der Waals surface area contributed by atoms with E-state index in [1.165, 1.54) is 35.8 Å². The Morgan fingerprint density at radius 3 is 2.28 bits per heavy atom. The molecule has 290 valence electrons. The first-order valence-corrected chi connectivity index (χ1v) is 20.4. The van der Waals surface area contributed by atoms with Gasteiger partial charge in [-0.15, -0.1) is 23.1 Å². The third kappa shape index (κ3) is 9.32. The lowest BCUT2D eigenvalue weighted by Gasteiger charge is -2.22. The highest BCUT2D eigenvalue weighted by molar-refractivity contribution is 8.00. The first-order valence-electron chi connectivity index (χ1n) is 18.7. The standard InChI is InChI=1S/C47H40N4O5S2/c1-55-36-23-21-34(41(28-36)56-2)25-40(50-44(52)32-17-10-5-11-18-32)45(53)49-35-19-12-20-37(27-35)57-43(31-15-8-4-9-16-31)46(54)51-47-39(29-48)38-24-22-33(26-42(38)58-47)30-13-6-3-7-14-30/h3-21,23,25,27-28,33,43H,22,24,26H2,1-2H3,(H,49,53)(H,50,52)(H,51,54)/b40-25+. The van der Waals surface area contributed by atoms with Crippen LogP contribution >= 0.6 is 23.1 Å². The summed E-state index contributed by atoms with van der Waals surface area (Å²) in [4.78, 5) is 43.4. The van der Waals surface area contributed by atoms with Gasteiger partial charge in [0, 0.05) is 32.7 Å². The van der Waals surface area contributed by atoms with Gasteiger partial charge < -0.3 is 25.4 Å². The topological polar surface area (TPSA) is 130 Å². The number of fused-ring (bicyclic) bond motifs is 1. The zero-order valence-corrected chi connectivity index (χ0v) is 33.5. The van der Waals surface area contributed by atoms with Crippen molar-refractivity contribution in [2.75, 3.05) is 24.9 Å². The van der Waals surface area contributed by atoms with E-state index in [0.29, 0.717) is 49.7 Å². The Balaban J connectivity index is 1.13. The number of nitrogens with zero attached hydrogens (tertiary/aromatic N) is 1. The SMILES string of the molecule is COc1ccc(/C=C(/NC(=O)c2ccccc2)C(=O)Nc2cccc(SC(C(=O)Nc3sc4c(c3C#N)CCC(c3ccccc3)C4)c3ccccc3)c2)c(OC)c1. The zero-order valence-electron chi connectivity index (χ0n) is 31.9. The highest BCUT2D eigenvalue weighted by Gasteiger charge is 2.30. The maximum absolute atomic E-state index is 14.3. The van der Waals surface area contributed by atoms with Crippen molar-refractivity contribution in [2.24, 2.45) is 0 Å². The molecule has 2 unspecified atom stereocenters. The summed E-state index contributed by atoms with van der Waals surface area (Å²) in [6.07, 6.45) is 4.09. The number of benzene rings is 5. The van der Waals surface area contributed by atoms with Gasteiger partial charge in [-0.1, -0.05) is 84.9 Å². The summed E-state index contributed by atoms with van der Waals surface area (Å²) in [5.74, 6) is 0.0901. The molecule has 0 radical (unpaired) electrons. The number of thioether (sulfide) groups is 1. The third-order valence-electron chi connectivity index (χ3n) is 9.84. The fraction of sp³-hybridized carbons (Fsp3) is 0.149. The predicted octanol–water partition coefficient (Wildman–Crippen LogP) is 9.79. The molecule has 0 saturated carbocycles. The third-order valence-corrected chi connectivity index (χ3v) is 12.3. The number of amides is 3. The summed E-state index contributed by atoms with van der Waals surface area (Å²) >= 11 is 2.82. The second-order valence-corrected chi connectivity index (χ2v) is 15.8. The molecule has 1 aliphatic carbocycles. The van der Waals surface area contributed by atoms with Crippen molar-refractivity contribution in [3.05, 3.63) is 177 Å². The van der Waals surface area contributed by atoms with Crippen LogP contribution in [-0.4, -0.2) is 31.9 Å². The number of hydrogen-bond donors (Lipinski definition) is 3. The number of nitriles is 1. The molecule has 0 spiro atoms. The fourth-order valence-corrected chi connectivity index (χ4v) is 9.26. The van der Waals surface area contributed by atoms with Crippen LogP contribution in [0.4, 0.5) is 10.7 Å². The van der Waals surface area contributed by atoms with E-state index >= 15 is 0 Å². The number of methoxy groups -OCH3 is 2. The van der Waals surface area contributed by atoms with Gasteiger partial charge >= 0.3 is 0 Å². The first kappa shape index (κ1) is 39.6. The molecule has 1 aromatic heterocycles. The molecule has 3 amide bonds. The normalized spacial score (nSPS) is 13.9. The van der Waals surface area contributed by atoms with Crippen LogP contribution in [0.2, 0.25) is 0 Å². The van der Waals surface area contributed by atoms with Crippen LogP contribution in [0.5, 0.6) is 11.5 Å². The molecule has 1 aliphatic rings. The van der Waals surface area contributed by atoms with Gasteiger partial charge in [-0.05, 0) is 90.4 Å². The Labute approximate surface area is 345 Å². The average Bonchev–Trinajstić information content (AvgIpc) is 3.62. The lowest BCUT2D eigenvalue weighted by molar-refractivity contribution is -0.116. The van der Waals surface area contributed by atoms with E-state index in [2.05, 4.69) is 46.3 Å². The maximum Gasteiger partial charge on any atom is 0.272 e. The van der Waals surface area contributed by atoms with Crippen molar-refractivity contribution >= 4 is 57.6 Å². The van der Waals surface area contributed by atoms with E-state index in [1.807, 2.05) is 42.5 Å². The Bertz CT molecular complexity index is 2500. The Kier molecular flexibility index (Phi) is 12.7. The van der Waals surface area contributed by atoms with Crippen LogP contribution in [-0.2, 0) is 22.4 Å². The number of thiophene rings is 1. The molecule has 0 bridgehead atoms. The van der Waals surface area contributed by atoms with E-state index in [4.69, 9.17) is 9.47 Å². The molecule has 9 nitrogen and oxygen atoms in total. The number of nitrogens with one attached hydrogen (secondary N) is 3. The van der Waals surface area contributed by atoms with Crippen LogP contribution in [0.3, 0.4) is 0 Å². The van der Waals surface area contributed by atoms with E-state index in [1.54, 1.807) is 79.9 Å². The van der Waals surface area contributed by atoms with Crippen LogP contribution < -0.4 is 25.4 Å². The van der Waals surface area contributed by atoms with Crippen LogP contribution in [0.25, 0.3) is 6.08 Å². The molecule has 1 heterocycles. The number of ether oxygens (including phenoxy) is 2. The highest BCUT2D eigenvalue weighted by Crippen LogP contribution is 2.44. The second kappa shape index (κ2) is 18.6. The Morgan fingerprint density at radius 1 is 0.845 bits per heavy atom. The first-order chi connectivity index (χ1) is 28.3. The summed E-state index contributed by atoms with van der Waals surface area (Å²) in [7, 11) is 3.06. The Hall–Kier alpha value is -6.61. The Morgan fingerprint density at radius 2 is 1.57 bits per heavy atom. The molecular formula is C47H40N4O5S2. The summed E-state index contributed by atoms with van der Waals surface area (Å²) in [5, 5.41) is 19.0. The molecule has 58 heavy (non-hydrogen) atoms. The van der Waals surface area contributed by atoms with Gasteiger partial charge in [0.2, 0.25) is 5.91 Å². The van der Waals surface area contributed by atoms with Gasteiger partial charge in [-0.25, -0.2) is 0 Å². The van der Waals surface area contributed by atoms with Crippen molar-refractivity contribution < 1.29 is 23.9 Å². The molecule has 7 rings (SSSR count). The number of rotatable bonds is 13. The highest BCUT2D eigenvalue weighted by atomic mass is 32.2. The van der Waals surface area contributed by atoms with Crippen LogP contribution in [0, 0.1) is 11.3 Å². The quantitative estimate of drug-likeness (QED) is 0.0783. The smallest absolute Gasteiger partial charge is 0.272 e. The minimum atomic E-state index is -0.682. The predicted molar refractivity (Wildman–Crippen MR) is 230 cm³/mol. The van der Waals surface area contributed by atoms with Crippen LogP contribution in [0.1, 0.15) is 60.6 Å². The molecule has 0 aliphatic heterocycles. The molecule has 3 N–H and O–H groups in total. The monoisotopic (exact) mass is 804 g/mol. The maximum atomic E-state index is 14.3. The molecule has 2 atom stereocenters. The van der Waals surface area contributed by atoms with Gasteiger partial charge in [0.05, 0.1) is 19.8 Å². The van der Waals surface area contributed by atoms with E-state index in [0.717, 1.165) is 35.3 Å². The van der Waals surface area contributed by atoms with Gasteiger partial charge in [0.15, 0.2) is 0 Å². The van der Waals surface area contributed by atoms with Gasteiger partial charge in [-0.3, -0.25) is 14.4 Å². The van der Waals surface area contributed by atoms with Gasteiger partial charge in [0.25, 0.3) is 11.8 Å². The second-order valence-electron chi connectivity index (χ2n) is 13.5. The van der Waals surface area contributed by atoms with Gasteiger partial charge in [-0.2, -0.15) is 5.26 Å². The number of carbonyl (C=O) groups is 3. The van der Waals surface area contributed by atoms with E-state index in [9.17, 15) is 19.6 Å². The molecule has 11 heteroatoms. The lowest BCUT2D eigenvalue weighted by Crippen LogP contribution is -2.30. The molecule has 0 fully saturated rings. The molecular weight excluding hydrogens is 765 g/mol. The van der Waals surface area contributed by atoms with E-state index < -0.39 is 17.1 Å². The van der Waals surface area contributed by atoms with Crippen molar-refractivity contribution in [1.29, 1.82) is 5.26 Å². The summed E-state index contributed by atoms with van der Waals surface area (Å²) in [6.45, 7) is 0. The van der Waals surface area contributed by atoms with E-state index in [-0.39, 0.29) is 11.6 Å². The summed E-state index contributed by atoms with van der Waals surface area (Å²) in [6, 6.07) is 43.2. The number of carbonyl (C=O) groups excluding carboxylic acids is 3. The average molecular weight is 805 g/mol.